The van der Waals surface area contributed by atoms with Crippen LogP contribution in [-0.2, 0) is 0 Å². The molecule has 0 unspecified atom stereocenters. The number of hydrogen-bond donors (Lipinski definition) is 4. The number of hydrogen-bond acceptors (Lipinski definition) is 4. The minimum absolute atomic E-state index is 0.000000000000000222. The molecule has 0 heterocycles. The Morgan fingerprint density at radius 1 is 0.857 bits per heavy atom. The molecular weight excluding hydrogens is 92.1 g/mol. The molecule has 0 aliphatic carbocycles. The Morgan fingerprint density at radius 3 is 1.14 bits per heavy atom. The van der Waals surface area contributed by atoms with Crippen molar-refractivity contribution in [3.63, 3.8) is 0 Å². The standard InChI is InChI=1S/C3H8N4/c4-2(5)1-3(6)7/h4-7H2. The smallest absolute Gasteiger partial charge is 0.142 e. The molecule has 0 bridgehead atoms. The van der Waals surface area contributed by atoms with Crippen molar-refractivity contribution in [1.82, 2.24) is 0 Å². The fourth-order valence-corrected chi connectivity index (χ4v) is 0.167. The van der Waals surface area contributed by atoms with Crippen LogP contribution >= 0.6 is 0 Å². The fourth-order valence-electron chi connectivity index (χ4n) is 0.167. The molecular formula is C3H8N4. The van der Waals surface area contributed by atoms with E-state index >= 15 is 0 Å². The lowest BCUT2D eigenvalue weighted by atomic mass is 10.7. The Morgan fingerprint density at radius 2 is 1.14 bits per heavy atom. The van der Waals surface area contributed by atoms with Crippen LogP contribution in [0, 0.1) is 0 Å². The third-order valence-corrected chi connectivity index (χ3v) is 0.289. The van der Waals surface area contributed by atoms with Gasteiger partial charge in [-0.1, -0.05) is 0 Å². The predicted molar refractivity (Wildman–Crippen MR) is 27.3 cm³/mol. The quantitative estimate of drug-likeness (QED) is 0.267. The van der Waals surface area contributed by atoms with Gasteiger partial charge in [0.25, 0.3) is 0 Å². The highest BCUT2D eigenvalue weighted by Crippen LogP contribution is 1.61. The van der Waals surface area contributed by atoms with Gasteiger partial charge in [-0.25, -0.2) is 0 Å². The molecule has 8 N–H and O–H groups in total. The molecule has 0 atom stereocenters. The molecule has 4 nitrogen and oxygen atoms in total. The fraction of sp³-hybridized carbons (Fsp3) is 0. The summed E-state index contributed by atoms with van der Waals surface area (Å²) in [4.78, 5) is 0. The Kier molecular flexibility index (Phi) is 1.63. The molecule has 0 aromatic rings. The molecule has 0 saturated heterocycles. The van der Waals surface area contributed by atoms with Crippen LogP contribution in [0.5, 0.6) is 0 Å². The summed E-state index contributed by atoms with van der Waals surface area (Å²) in [5.74, 6) is 0.000000000000000666. The highest BCUT2D eigenvalue weighted by molar-refractivity contribution is 4.95. The average molecular weight is 100 g/mol. The summed E-state index contributed by atoms with van der Waals surface area (Å²) in [5, 5.41) is 0. The van der Waals surface area contributed by atoms with Crippen molar-refractivity contribution in [2.75, 3.05) is 0 Å². The van der Waals surface area contributed by atoms with E-state index in [0.717, 1.165) is 0 Å². The second kappa shape index (κ2) is 2.00. The van der Waals surface area contributed by atoms with Crippen LogP contribution < -0.4 is 22.9 Å². The van der Waals surface area contributed by atoms with Crippen molar-refractivity contribution in [1.29, 1.82) is 0 Å². The first kappa shape index (κ1) is 5.72. The summed E-state index contributed by atoms with van der Waals surface area (Å²) < 4.78 is 0. The minimum Gasteiger partial charge on any atom is -0.379 e. The molecule has 0 fully saturated rings. The van der Waals surface area contributed by atoms with Gasteiger partial charge in [-0.3, -0.25) is 0 Å². The van der Waals surface area contributed by atoms with Crippen molar-refractivity contribution >= 4 is 0 Å². The molecule has 40 valence electrons. The summed E-state index contributed by atoms with van der Waals surface area (Å²) >= 11 is 0. The SMILES string of the molecule is NC(N)=C=C(N)N. The van der Waals surface area contributed by atoms with Crippen molar-refractivity contribution in [2.45, 2.75) is 0 Å². The van der Waals surface area contributed by atoms with E-state index in [1.54, 1.807) is 0 Å². The predicted octanol–water partition coefficient (Wildman–Crippen LogP) is -1.90. The van der Waals surface area contributed by atoms with Gasteiger partial charge in [0.05, 0.1) is 0 Å². The molecule has 0 amide bonds. The lowest BCUT2D eigenvalue weighted by Crippen LogP contribution is -2.11. The van der Waals surface area contributed by atoms with Crippen LogP contribution in [0.3, 0.4) is 0 Å². The van der Waals surface area contributed by atoms with E-state index in [-0.39, 0.29) is 11.6 Å². The molecule has 7 heavy (non-hydrogen) atoms. The normalized spacial score (nSPS) is 6.86. The lowest BCUT2D eigenvalue weighted by Gasteiger charge is -1.81. The average Bonchev–Trinajstić information content (AvgIpc) is 1.27. The van der Waals surface area contributed by atoms with E-state index < -0.39 is 0 Å². The summed E-state index contributed by atoms with van der Waals surface area (Å²) in [5.41, 5.74) is 21.8. The van der Waals surface area contributed by atoms with Crippen LogP contribution in [0.4, 0.5) is 0 Å². The molecule has 0 aromatic heterocycles. The van der Waals surface area contributed by atoms with Crippen molar-refractivity contribution < 1.29 is 0 Å². The highest BCUT2D eigenvalue weighted by Gasteiger charge is 1.69. The molecule has 0 aliphatic heterocycles. The Bertz CT molecular complexity index is 98.9. The minimum atomic E-state index is 0.000000000000000222. The lowest BCUT2D eigenvalue weighted by molar-refractivity contribution is 1.20. The molecule has 0 rings (SSSR count). The van der Waals surface area contributed by atoms with Crippen molar-refractivity contribution in [3.8, 4) is 0 Å². The van der Waals surface area contributed by atoms with Gasteiger partial charge in [0.1, 0.15) is 11.6 Å². The zero-order chi connectivity index (χ0) is 5.86. The third kappa shape index (κ3) is 4.72. The van der Waals surface area contributed by atoms with Crippen LogP contribution in [0.2, 0.25) is 0 Å². The monoisotopic (exact) mass is 100 g/mol. The molecule has 0 radical (unpaired) electrons. The van der Waals surface area contributed by atoms with Gasteiger partial charge in [0.2, 0.25) is 0 Å². The van der Waals surface area contributed by atoms with Crippen molar-refractivity contribution in [2.24, 2.45) is 22.9 Å². The second-order valence-corrected chi connectivity index (χ2v) is 1.04. The van der Waals surface area contributed by atoms with Crippen LogP contribution in [0.25, 0.3) is 0 Å². The Hall–Kier alpha value is -1.28. The molecule has 0 saturated carbocycles. The van der Waals surface area contributed by atoms with E-state index in [1.165, 1.54) is 0 Å². The Balaban J connectivity index is 4.13. The molecule has 0 aromatic carbocycles. The van der Waals surface area contributed by atoms with Gasteiger partial charge < -0.3 is 22.9 Å². The number of rotatable bonds is 0. The zero-order valence-corrected chi connectivity index (χ0v) is 3.81. The van der Waals surface area contributed by atoms with E-state index in [4.69, 9.17) is 22.9 Å². The number of nitrogens with two attached hydrogens (primary N) is 4. The second-order valence-electron chi connectivity index (χ2n) is 1.04. The molecule has 0 spiro atoms. The first-order valence-electron chi connectivity index (χ1n) is 1.65. The van der Waals surface area contributed by atoms with Gasteiger partial charge in [0.15, 0.2) is 0 Å². The van der Waals surface area contributed by atoms with Crippen LogP contribution in [-0.4, -0.2) is 0 Å². The maximum absolute atomic E-state index is 4.90. The van der Waals surface area contributed by atoms with Crippen LogP contribution in [0.1, 0.15) is 0 Å². The summed E-state index contributed by atoms with van der Waals surface area (Å²) in [6, 6.07) is 0. The van der Waals surface area contributed by atoms with Gasteiger partial charge in [0, 0.05) is 0 Å². The van der Waals surface area contributed by atoms with E-state index in [2.05, 4.69) is 5.73 Å². The first-order chi connectivity index (χ1) is 3.13. The summed E-state index contributed by atoms with van der Waals surface area (Å²) in [6.07, 6.45) is 0. The molecule has 0 aliphatic rings. The van der Waals surface area contributed by atoms with Gasteiger partial charge in [-0.2, -0.15) is 0 Å². The third-order valence-electron chi connectivity index (χ3n) is 0.289. The maximum Gasteiger partial charge on any atom is 0.142 e. The highest BCUT2D eigenvalue weighted by atomic mass is 14.8. The first-order valence-corrected chi connectivity index (χ1v) is 1.65. The largest absolute Gasteiger partial charge is 0.379 e. The van der Waals surface area contributed by atoms with Crippen molar-refractivity contribution in [3.05, 3.63) is 17.4 Å². The van der Waals surface area contributed by atoms with E-state index in [1.807, 2.05) is 0 Å². The maximum atomic E-state index is 4.90. The zero-order valence-electron chi connectivity index (χ0n) is 3.81. The van der Waals surface area contributed by atoms with Crippen LogP contribution in [0.15, 0.2) is 17.4 Å². The Labute approximate surface area is 41.4 Å². The topological polar surface area (TPSA) is 104 Å². The van der Waals surface area contributed by atoms with E-state index in [9.17, 15) is 0 Å². The van der Waals surface area contributed by atoms with Gasteiger partial charge in [-0.05, 0) is 5.73 Å². The molecule has 4 heteroatoms. The summed E-state index contributed by atoms with van der Waals surface area (Å²) in [7, 11) is 0. The summed E-state index contributed by atoms with van der Waals surface area (Å²) in [6.45, 7) is 0. The van der Waals surface area contributed by atoms with Gasteiger partial charge in [-0.15, -0.1) is 0 Å². The van der Waals surface area contributed by atoms with E-state index in [0.29, 0.717) is 0 Å². The van der Waals surface area contributed by atoms with Gasteiger partial charge >= 0.3 is 0 Å².